The minimum Gasteiger partial charge on any atom is -0.393 e. The number of aromatic nitrogens is 1. The van der Waals surface area contributed by atoms with E-state index in [2.05, 4.69) is 4.98 Å². The van der Waals surface area contributed by atoms with Gasteiger partial charge in [-0.3, -0.25) is 0 Å². The fraction of sp³-hybridized carbons (Fsp3) is 0.625. The lowest BCUT2D eigenvalue weighted by atomic mass is 9.89. The lowest BCUT2D eigenvalue weighted by molar-refractivity contribution is -0.141. The summed E-state index contributed by atoms with van der Waals surface area (Å²) in [6.07, 6.45) is -3.10. The van der Waals surface area contributed by atoms with Crippen LogP contribution in [0.4, 0.5) is 19.0 Å². The van der Waals surface area contributed by atoms with Crippen molar-refractivity contribution in [3.8, 4) is 6.07 Å². The zero-order valence-electron chi connectivity index (χ0n) is 13.0. The summed E-state index contributed by atoms with van der Waals surface area (Å²) in [7, 11) is 0. The molecule has 0 radical (unpaired) electrons. The molecule has 1 aromatic heterocycles. The van der Waals surface area contributed by atoms with Crippen molar-refractivity contribution in [1.82, 2.24) is 4.98 Å². The van der Waals surface area contributed by atoms with Crippen LogP contribution in [0, 0.1) is 17.2 Å². The van der Waals surface area contributed by atoms with Gasteiger partial charge < -0.3 is 14.7 Å². The van der Waals surface area contributed by atoms with E-state index in [1.165, 1.54) is 0 Å². The maximum absolute atomic E-state index is 13.0. The van der Waals surface area contributed by atoms with Crippen LogP contribution in [0.3, 0.4) is 0 Å². The third kappa shape index (κ3) is 3.19. The number of pyridine rings is 1. The molecule has 1 N–H and O–H groups in total. The second-order valence-electron chi connectivity index (χ2n) is 6.17. The molecule has 2 fully saturated rings. The van der Waals surface area contributed by atoms with Crippen LogP contribution in [0.1, 0.15) is 30.5 Å². The van der Waals surface area contributed by atoms with Gasteiger partial charge in [0.05, 0.1) is 18.3 Å². The number of aliphatic hydroxyl groups excluding tert-OH is 1. The fourth-order valence-corrected chi connectivity index (χ4v) is 3.53. The number of rotatable bonds is 2. The summed E-state index contributed by atoms with van der Waals surface area (Å²) in [5.74, 6) is -0.142. The van der Waals surface area contributed by atoms with E-state index < -0.39 is 18.0 Å². The van der Waals surface area contributed by atoms with Gasteiger partial charge in [0.25, 0.3) is 0 Å². The highest BCUT2D eigenvalue weighted by atomic mass is 19.4. The Morgan fingerprint density at radius 1 is 1.33 bits per heavy atom. The highest BCUT2D eigenvalue weighted by Crippen LogP contribution is 2.36. The maximum Gasteiger partial charge on any atom is 0.433 e. The van der Waals surface area contributed by atoms with Crippen molar-refractivity contribution in [2.24, 2.45) is 5.92 Å². The summed E-state index contributed by atoms with van der Waals surface area (Å²) in [5.41, 5.74) is -0.899. The summed E-state index contributed by atoms with van der Waals surface area (Å²) in [6.45, 7) is 1.36. The first-order valence-electron chi connectivity index (χ1n) is 7.92. The molecule has 3 rings (SSSR count). The van der Waals surface area contributed by atoms with E-state index >= 15 is 0 Å². The van der Waals surface area contributed by atoms with Crippen LogP contribution in [-0.4, -0.2) is 42.0 Å². The standard InChI is InChI=1S/C16H18F3N3O2/c17-16(18,19)14-4-3-10(8-20)15(21-14)22-6-1-2-12(22)11-9-24-7-5-13(11)23/h3-4,11-13,23H,1-2,5-7,9H2/t11-,12+,13-/m0/s1. The van der Waals surface area contributed by atoms with E-state index in [1.807, 2.05) is 6.07 Å². The molecule has 24 heavy (non-hydrogen) atoms. The summed E-state index contributed by atoms with van der Waals surface area (Å²) in [6, 6.07) is 3.73. The largest absolute Gasteiger partial charge is 0.433 e. The monoisotopic (exact) mass is 341 g/mol. The summed E-state index contributed by atoms with van der Waals surface area (Å²) >= 11 is 0. The van der Waals surface area contributed by atoms with Gasteiger partial charge in [0, 0.05) is 25.1 Å². The summed E-state index contributed by atoms with van der Waals surface area (Å²) in [4.78, 5) is 5.46. The van der Waals surface area contributed by atoms with Gasteiger partial charge in [0.15, 0.2) is 0 Å². The first kappa shape index (κ1) is 17.0. The maximum atomic E-state index is 13.0. The Balaban J connectivity index is 1.95. The number of nitrogens with zero attached hydrogens (tertiary/aromatic N) is 3. The minimum atomic E-state index is -4.56. The van der Waals surface area contributed by atoms with Crippen LogP contribution < -0.4 is 4.90 Å². The molecule has 0 aromatic carbocycles. The van der Waals surface area contributed by atoms with Gasteiger partial charge in [0.1, 0.15) is 17.6 Å². The highest BCUT2D eigenvalue weighted by molar-refractivity contribution is 5.56. The van der Waals surface area contributed by atoms with Crippen LogP contribution >= 0.6 is 0 Å². The van der Waals surface area contributed by atoms with Crippen LogP contribution in [0.25, 0.3) is 0 Å². The van der Waals surface area contributed by atoms with Crippen molar-refractivity contribution >= 4 is 5.82 Å². The molecule has 0 saturated carbocycles. The third-order valence-electron chi connectivity index (χ3n) is 4.71. The first-order chi connectivity index (χ1) is 11.4. The van der Waals surface area contributed by atoms with Gasteiger partial charge in [-0.05, 0) is 31.4 Å². The number of nitriles is 1. The molecule has 2 saturated heterocycles. The molecular weight excluding hydrogens is 323 g/mol. The van der Waals surface area contributed by atoms with Gasteiger partial charge in [-0.25, -0.2) is 4.98 Å². The summed E-state index contributed by atoms with van der Waals surface area (Å²) < 4.78 is 44.4. The molecule has 1 aromatic rings. The van der Waals surface area contributed by atoms with E-state index in [9.17, 15) is 23.5 Å². The van der Waals surface area contributed by atoms with E-state index in [0.717, 1.165) is 25.0 Å². The first-order valence-corrected chi connectivity index (χ1v) is 7.92. The number of ether oxygens (including phenoxy) is 1. The Kier molecular flexibility index (Phi) is 4.65. The van der Waals surface area contributed by atoms with Crippen LogP contribution in [0.15, 0.2) is 12.1 Å². The van der Waals surface area contributed by atoms with Crippen LogP contribution in [-0.2, 0) is 10.9 Å². The third-order valence-corrected chi connectivity index (χ3v) is 4.71. The van der Waals surface area contributed by atoms with Gasteiger partial charge in [-0.2, -0.15) is 18.4 Å². The Bertz CT molecular complexity index is 644. The number of halogens is 3. The number of hydrogen-bond donors (Lipinski definition) is 1. The second-order valence-corrected chi connectivity index (χ2v) is 6.17. The Morgan fingerprint density at radius 3 is 2.79 bits per heavy atom. The number of aliphatic hydroxyl groups is 1. The predicted octanol–water partition coefficient (Wildman–Crippen LogP) is 2.34. The Labute approximate surface area is 137 Å². The molecule has 0 spiro atoms. The van der Waals surface area contributed by atoms with E-state index in [1.54, 1.807) is 4.90 Å². The van der Waals surface area contributed by atoms with Crippen molar-refractivity contribution in [3.63, 3.8) is 0 Å². The predicted molar refractivity (Wildman–Crippen MR) is 79.3 cm³/mol. The van der Waals surface area contributed by atoms with Crippen molar-refractivity contribution in [3.05, 3.63) is 23.4 Å². The smallest absolute Gasteiger partial charge is 0.393 e. The molecular formula is C16H18F3N3O2. The van der Waals surface area contributed by atoms with Crippen LogP contribution in [0.5, 0.6) is 0 Å². The Hall–Kier alpha value is -1.85. The molecule has 8 heteroatoms. The lowest BCUT2D eigenvalue weighted by Gasteiger charge is -2.37. The zero-order chi connectivity index (χ0) is 17.3. The lowest BCUT2D eigenvalue weighted by Crippen LogP contribution is -2.46. The van der Waals surface area contributed by atoms with Crippen molar-refractivity contribution in [2.75, 3.05) is 24.7 Å². The molecule has 0 aliphatic carbocycles. The fourth-order valence-electron chi connectivity index (χ4n) is 3.53. The minimum absolute atomic E-state index is 0.0487. The normalized spacial score (nSPS) is 28.0. The van der Waals surface area contributed by atoms with Gasteiger partial charge in [-0.15, -0.1) is 0 Å². The highest BCUT2D eigenvalue weighted by Gasteiger charge is 2.40. The molecule has 2 aliphatic heterocycles. The van der Waals surface area contributed by atoms with Gasteiger partial charge in [-0.1, -0.05) is 0 Å². The SMILES string of the molecule is N#Cc1ccc(C(F)(F)F)nc1N1CCC[C@@H]1[C@@H]1COCC[C@@H]1O. The molecule has 130 valence electrons. The molecule has 0 amide bonds. The molecule has 0 bridgehead atoms. The van der Waals surface area contributed by atoms with Gasteiger partial charge in [0.2, 0.25) is 0 Å². The van der Waals surface area contributed by atoms with E-state index in [4.69, 9.17) is 4.74 Å². The molecule has 2 aliphatic rings. The van der Waals surface area contributed by atoms with E-state index in [0.29, 0.717) is 26.2 Å². The Morgan fingerprint density at radius 2 is 2.12 bits per heavy atom. The average Bonchev–Trinajstić information content (AvgIpc) is 3.03. The van der Waals surface area contributed by atoms with Crippen molar-refractivity contribution < 1.29 is 23.0 Å². The van der Waals surface area contributed by atoms with Gasteiger partial charge >= 0.3 is 6.18 Å². The quantitative estimate of drug-likeness (QED) is 0.894. The molecule has 3 atom stereocenters. The zero-order valence-corrected chi connectivity index (χ0v) is 13.0. The number of hydrogen-bond acceptors (Lipinski definition) is 5. The topological polar surface area (TPSA) is 69.4 Å². The van der Waals surface area contributed by atoms with Crippen molar-refractivity contribution in [2.45, 2.75) is 37.6 Å². The second kappa shape index (κ2) is 6.57. The molecule has 3 heterocycles. The average molecular weight is 341 g/mol. The number of alkyl halides is 3. The van der Waals surface area contributed by atoms with E-state index in [-0.39, 0.29) is 23.3 Å². The van der Waals surface area contributed by atoms with Crippen molar-refractivity contribution in [1.29, 1.82) is 5.26 Å². The molecule has 0 unspecified atom stereocenters. The van der Waals surface area contributed by atoms with Crippen LogP contribution in [0.2, 0.25) is 0 Å². The number of anilines is 1. The molecule has 5 nitrogen and oxygen atoms in total. The summed E-state index contributed by atoms with van der Waals surface area (Å²) in [5, 5.41) is 19.5.